The Balaban J connectivity index is 1.79. The highest BCUT2D eigenvalue weighted by Gasteiger charge is 2.18. The molecule has 0 fully saturated rings. The van der Waals surface area contributed by atoms with Crippen molar-refractivity contribution in [3.8, 4) is 17.2 Å². The van der Waals surface area contributed by atoms with Crippen LogP contribution in [0.15, 0.2) is 12.1 Å². The number of aromatic nitrogens is 2. The summed E-state index contributed by atoms with van der Waals surface area (Å²) in [4.78, 5) is 0. The second-order valence-electron chi connectivity index (χ2n) is 4.30. The van der Waals surface area contributed by atoms with E-state index < -0.39 is 0 Å². The zero-order valence-corrected chi connectivity index (χ0v) is 12.1. The fourth-order valence-electron chi connectivity index (χ4n) is 1.98. The molecule has 20 heavy (non-hydrogen) atoms. The molecule has 1 aliphatic rings. The molecule has 1 aliphatic heterocycles. The maximum Gasteiger partial charge on any atom is 0.205 e. The molecule has 0 atom stereocenters. The number of benzene rings is 1. The molecule has 6 nitrogen and oxygen atoms in total. The van der Waals surface area contributed by atoms with Gasteiger partial charge in [0.05, 0.1) is 7.11 Å². The van der Waals surface area contributed by atoms with Crippen molar-refractivity contribution in [2.24, 2.45) is 0 Å². The van der Waals surface area contributed by atoms with E-state index in [4.69, 9.17) is 14.2 Å². The van der Waals surface area contributed by atoms with E-state index in [1.165, 1.54) is 11.3 Å². The van der Waals surface area contributed by atoms with E-state index in [0.29, 0.717) is 31.3 Å². The minimum atomic E-state index is 0.547. The SMILES string of the molecule is COc1cc(CNc2nnc(C)s2)cc2c1OCCO2. The van der Waals surface area contributed by atoms with Gasteiger partial charge in [-0.3, -0.25) is 0 Å². The maximum absolute atomic E-state index is 5.60. The van der Waals surface area contributed by atoms with E-state index in [-0.39, 0.29) is 0 Å². The first kappa shape index (κ1) is 13.0. The molecule has 2 heterocycles. The molecule has 1 N–H and O–H groups in total. The lowest BCUT2D eigenvalue weighted by Crippen LogP contribution is -2.16. The van der Waals surface area contributed by atoms with Crippen molar-refractivity contribution in [2.45, 2.75) is 13.5 Å². The molecule has 0 saturated carbocycles. The van der Waals surface area contributed by atoms with E-state index in [2.05, 4.69) is 15.5 Å². The van der Waals surface area contributed by atoms with Gasteiger partial charge >= 0.3 is 0 Å². The number of nitrogens with one attached hydrogen (secondary N) is 1. The molecule has 1 aromatic carbocycles. The maximum atomic E-state index is 5.60. The normalized spacial score (nSPS) is 13.1. The predicted octanol–water partition coefficient (Wildman–Crippen LogP) is 2.24. The molecule has 3 rings (SSSR count). The van der Waals surface area contributed by atoms with Crippen LogP contribution in [0, 0.1) is 6.92 Å². The van der Waals surface area contributed by atoms with Gasteiger partial charge in [-0.25, -0.2) is 0 Å². The van der Waals surface area contributed by atoms with Crippen molar-refractivity contribution < 1.29 is 14.2 Å². The number of ether oxygens (including phenoxy) is 3. The van der Waals surface area contributed by atoms with Gasteiger partial charge in [-0.1, -0.05) is 11.3 Å². The first-order valence-electron chi connectivity index (χ1n) is 6.27. The summed E-state index contributed by atoms with van der Waals surface area (Å²) in [6.45, 7) is 3.66. The standard InChI is InChI=1S/C13H15N3O3S/c1-8-15-16-13(20-8)14-7-9-5-10(17-2)12-11(6-9)18-3-4-19-12/h5-6H,3-4,7H2,1-2H3,(H,14,16). The topological polar surface area (TPSA) is 65.5 Å². The van der Waals surface area contributed by atoms with Gasteiger partial charge < -0.3 is 19.5 Å². The Morgan fingerprint density at radius 2 is 2.15 bits per heavy atom. The van der Waals surface area contributed by atoms with Gasteiger partial charge in [0.2, 0.25) is 10.9 Å². The molecule has 0 aliphatic carbocycles. The lowest BCUT2D eigenvalue weighted by Gasteiger charge is -2.21. The number of fused-ring (bicyclic) bond motifs is 1. The molecule has 106 valence electrons. The highest BCUT2D eigenvalue weighted by molar-refractivity contribution is 7.15. The molecule has 2 aromatic rings. The number of methoxy groups -OCH3 is 1. The Morgan fingerprint density at radius 3 is 2.90 bits per heavy atom. The van der Waals surface area contributed by atoms with Gasteiger partial charge in [0.1, 0.15) is 18.2 Å². The summed E-state index contributed by atoms with van der Waals surface area (Å²) < 4.78 is 16.5. The summed E-state index contributed by atoms with van der Waals surface area (Å²) in [7, 11) is 1.62. The Kier molecular flexibility index (Phi) is 3.60. The second kappa shape index (κ2) is 5.54. The summed E-state index contributed by atoms with van der Waals surface area (Å²) in [5.74, 6) is 2.09. The first-order valence-corrected chi connectivity index (χ1v) is 7.08. The summed E-state index contributed by atoms with van der Waals surface area (Å²) in [6, 6.07) is 3.90. The van der Waals surface area contributed by atoms with Gasteiger partial charge in [-0.2, -0.15) is 0 Å². The number of hydrogen-bond acceptors (Lipinski definition) is 7. The first-order chi connectivity index (χ1) is 9.76. The van der Waals surface area contributed by atoms with Crippen LogP contribution in [0.4, 0.5) is 5.13 Å². The summed E-state index contributed by atoms with van der Waals surface area (Å²) in [6.07, 6.45) is 0. The van der Waals surface area contributed by atoms with Crippen molar-refractivity contribution in [1.29, 1.82) is 0 Å². The van der Waals surface area contributed by atoms with Gasteiger partial charge in [-0.05, 0) is 24.6 Å². The third kappa shape index (κ3) is 2.62. The minimum Gasteiger partial charge on any atom is -0.493 e. The van der Waals surface area contributed by atoms with Gasteiger partial charge in [0, 0.05) is 6.54 Å². The number of nitrogens with zero attached hydrogens (tertiary/aromatic N) is 2. The quantitative estimate of drug-likeness (QED) is 0.932. The van der Waals surface area contributed by atoms with Crippen molar-refractivity contribution in [1.82, 2.24) is 10.2 Å². The zero-order chi connectivity index (χ0) is 13.9. The molecule has 7 heteroatoms. The number of anilines is 1. The smallest absolute Gasteiger partial charge is 0.205 e. The van der Waals surface area contributed by atoms with Crippen LogP contribution >= 0.6 is 11.3 Å². The minimum absolute atomic E-state index is 0.547. The molecular weight excluding hydrogens is 278 g/mol. The van der Waals surface area contributed by atoms with Crippen molar-refractivity contribution in [3.63, 3.8) is 0 Å². The van der Waals surface area contributed by atoms with Crippen LogP contribution in [0.3, 0.4) is 0 Å². The number of hydrogen-bond donors (Lipinski definition) is 1. The van der Waals surface area contributed by atoms with Crippen LogP contribution in [0.1, 0.15) is 10.6 Å². The molecule has 0 radical (unpaired) electrons. The van der Waals surface area contributed by atoms with Crippen LogP contribution in [0.5, 0.6) is 17.2 Å². The van der Waals surface area contributed by atoms with E-state index in [9.17, 15) is 0 Å². The third-order valence-corrected chi connectivity index (χ3v) is 3.65. The Bertz CT molecular complexity index is 598. The van der Waals surface area contributed by atoms with E-state index in [0.717, 1.165) is 21.5 Å². The molecule has 1 aromatic heterocycles. The number of rotatable bonds is 4. The van der Waals surface area contributed by atoms with Crippen LogP contribution in [0.2, 0.25) is 0 Å². The Labute approximate surface area is 120 Å². The molecule has 0 spiro atoms. The highest BCUT2D eigenvalue weighted by Crippen LogP contribution is 2.40. The Morgan fingerprint density at radius 1 is 1.30 bits per heavy atom. The number of aryl methyl sites for hydroxylation is 1. The third-order valence-electron chi connectivity index (χ3n) is 2.86. The van der Waals surface area contributed by atoms with Crippen molar-refractivity contribution in [2.75, 3.05) is 25.6 Å². The van der Waals surface area contributed by atoms with Crippen LogP contribution in [0.25, 0.3) is 0 Å². The fourth-order valence-corrected chi connectivity index (χ4v) is 2.56. The van der Waals surface area contributed by atoms with Crippen LogP contribution in [-0.4, -0.2) is 30.5 Å². The monoisotopic (exact) mass is 293 g/mol. The molecule has 0 amide bonds. The fraction of sp³-hybridized carbons (Fsp3) is 0.385. The molecule has 0 bridgehead atoms. The Hall–Kier alpha value is -2.02. The van der Waals surface area contributed by atoms with E-state index in [1.807, 2.05) is 19.1 Å². The largest absolute Gasteiger partial charge is 0.493 e. The van der Waals surface area contributed by atoms with E-state index >= 15 is 0 Å². The predicted molar refractivity (Wildman–Crippen MR) is 76.0 cm³/mol. The molecular formula is C13H15N3O3S. The van der Waals surface area contributed by atoms with Crippen LogP contribution in [-0.2, 0) is 6.54 Å². The summed E-state index contributed by atoms with van der Waals surface area (Å²) in [5, 5.41) is 13.0. The zero-order valence-electron chi connectivity index (χ0n) is 11.3. The summed E-state index contributed by atoms with van der Waals surface area (Å²) >= 11 is 1.53. The molecule has 0 saturated heterocycles. The highest BCUT2D eigenvalue weighted by atomic mass is 32.1. The average Bonchev–Trinajstić information content (AvgIpc) is 2.90. The van der Waals surface area contributed by atoms with E-state index in [1.54, 1.807) is 7.11 Å². The van der Waals surface area contributed by atoms with Gasteiger partial charge in [0.25, 0.3) is 0 Å². The van der Waals surface area contributed by atoms with Crippen molar-refractivity contribution in [3.05, 3.63) is 22.7 Å². The lowest BCUT2D eigenvalue weighted by molar-refractivity contribution is 0.165. The molecule has 0 unspecified atom stereocenters. The van der Waals surface area contributed by atoms with Gasteiger partial charge in [-0.15, -0.1) is 10.2 Å². The van der Waals surface area contributed by atoms with Crippen molar-refractivity contribution >= 4 is 16.5 Å². The van der Waals surface area contributed by atoms with Gasteiger partial charge in [0.15, 0.2) is 11.5 Å². The van der Waals surface area contributed by atoms with Crippen LogP contribution < -0.4 is 19.5 Å². The average molecular weight is 293 g/mol. The summed E-state index contributed by atoms with van der Waals surface area (Å²) in [5.41, 5.74) is 1.04. The second-order valence-corrected chi connectivity index (χ2v) is 5.48. The lowest BCUT2D eigenvalue weighted by atomic mass is 10.1.